The molecule has 1 rings (SSSR count). The Labute approximate surface area is 71.6 Å². The highest BCUT2D eigenvalue weighted by molar-refractivity contribution is 5.57. The molecule has 0 heterocycles. The maximum Gasteiger partial charge on any atom is 0.137 e. The van der Waals surface area contributed by atoms with Crippen molar-refractivity contribution in [3.63, 3.8) is 0 Å². The average Bonchev–Trinajstić information content (AvgIpc) is 2.08. The van der Waals surface area contributed by atoms with Crippen LogP contribution in [0.1, 0.15) is 6.93 Å². The van der Waals surface area contributed by atoms with Crippen molar-refractivity contribution < 1.29 is 10.6 Å². The number of nitrogens with two attached hydrogens (primary N) is 1. The summed E-state index contributed by atoms with van der Waals surface area (Å²) >= 11 is 0. The summed E-state index contributed by atoms with van der Waals surface area (Å²) < 4.78 is 19.2. The van der Waals surface area contributed by atoms with E-state index >= 15 is 0 Å². The predicted octanol–water partition coefficient (Wildman–Crippen LogP) is 0.894. The van der Waals surface area contributed by atoms with Crippen LogP contribution >= 0.6 is 0 Å². The number of benzene rings is 1. The number of hydrogen-bond donors (Lipinski definition) is 1. The van der Waals surface area contributed by atoms with E-state index in [4.69, 9.17) is 7.10 Å². The third-order valence-corrected chi connectivity index (χ3v) is 1.52. The van der Waals surface area contributed by atoms with Crippen molar-refractivity contribution >= 4 is 6.26 Å². The molecule has 0 radical (unpaired) electrons. The van der Waals surface area contributed by atoms with Gasteiger partial charge in [0, 0.05) is 0 Å². The van der Waals surface area contributed by atoms with Gasteiger partial charge in [0.15, 0.2) is 0 Å². The first-order valence-electron chi connectivity index (χ1n) is 4.10. The number of hydrogen-bond acceptors (Lipinski definition) is 2. The minimum absolute atomic E-state index is 0.280. The molecule has 12 heavy (non-hydrogen) atoms. The third-order valence-electron chi connectivity index (χ3n) is 1.52. The van der Waals surface area contributed by atoms with Gasteiger partial charge in [0.05, 0.1) is 6.04 Å². The predicted molar refractivity (Wildman–Crippen MR) is 44.1 cm³/mol. The second-order valence-corrected chi connectivity index (χ2v) is 2.55. The number of rotatable bonds is 3. The Balaban J connectivity index is 2.64. The van der Waals surface area contributed by atoms with Crippen molar-refractivity contribution in [3.8, 4) is 0 Å². The summed E-state index contributed by atoms with van der Waals surface area (Å²) in [5.41, 5.74) is 6.11. The van der Waals surface area contributed by atoms with Crippen molar-refractivity contribution in [2.45, 2.75) is 12.5 Å². The van der Waals surface area contributed by atoms with Crippen molar-refractivity contribution in [1.29, 1.82) is 0 Å². The molecule has 64 valence electrons. The summed E-state index contributed by atoms with van der Waals surface area (Å²) in [5, 5.41) is 0. The van der Waals surface area contributed by atoms with Gasteiger partial charge in [-0.3, -0.25) is 0 Å². The Bertz CT molecular complexity index is 299. The molecule has 1 aromatic rings. The SMILES string of the molecule is [2H]C(=O)[C@@H](N)Cc1ccc(F)cc1. The molecule has 0 aromatic heterocycles. The zero-order chi connectivity index (χ0) is 9.84. The van der Waals surface area contributed by atoms with Crippen LogP contribution in [0.5, 0.6) is 0 Å². The molecular formula is C9H10FNO. The lowest BCUT2D eigenvalue weighted by atomic mass is 10.1. The standard InChI is InChI=1S/C9H10FNO/c10-8-3-1-7(2-4-8)5-9(11)6-12/h1-4,6,9H,5,11H2/t9-/m0/s1/i6D. The van der Waals surface area contributed by atoms with Gasteiger partial charge in [-0.1, -0.05) is 12.1 Å². The number of halogens is 1. The fourth-order valence-corrected chi connectivity index (χ4v) is 0.916. The quantitative estimate of drug-likeness (QED) is 0.681. The molecule has 0 aliphatic rings. The van der Waals surface area contributed by atoms with Crippen LogP contribution in [0.4, 0.5) is 4.39 Å². The van der Waals surface area contributed by atoms with Gasteiger partial charge in [-0.05, 0) is 24.1 Å². The van der Waals surface area contributed by atoms with E-state index in [2.05, 4.69) is 0 Å². The largest absolute Gasteiger partial charge is 0.321 e. The Morgan fingerprint density at radius 1 is 1.58 bits per heavy atom. The molecule has 0 fully saturated rings. The van der Waals surface area contributed by atoms with Crippen LogP contribution in [-0.4, -0.2) is 12.3 Å². The Hall–Kier alpha value is -1.22. The van der Waals surface area contributed by atoms with Crippen molar-refractivity contribution in [2.24, 2.45) is 5.73 Å². The van der Waals surface area contributed by atoms with Gasteiger partial charge in [0.25, 0.3) is 0 Å². The topological polar surface area (TPSA) is 43.1 Å². The summed E-state index contributed by atoms with van der Waals surface area (Å²) in [6.45, 7) is 0. The van der Waals surface area contributed by atoms with E-state index in [1.165, 1.54) is 12.1 Å². The summed E-state index contributed by atoms with van der Waals surface area (Å²) in [6, 6.07) is 4.90. The number of aldehydes is 1. The molecule has 0 saturated carbocycles. The summed E-state index contributed by atoms with van der Waals surface area (Å²) in [4.78, 5) is 10.5. The highest BCUT2D eigenvalue weighted by atomic mass is 19.1. The second kappa shape index (κ2) is 3.97. The van der Waals surface area contributed by atoms with Gasteiger partial charge in [-0.25, -0.2) is 4.39 Å². The molecule has 2 nitrogen and oxygen atoms in total. The van der Waals surface area contributed by atoms with E-state index in [-0.39, 0.29) is 12.2 Å². The molecule has 0 aliphatic carbocycles. The molecule has 0 spiro atoms. The van der Waals surface area contributed by atoms with E-state index in [1.54, 1.807) is 12.1 Å². The van der Waals surface area contributed by atoms with Crippen LogP contribution < -0.4 is 5.73 Å². The number of carbonyl (C=O) groups is 1. The molecule has 0 amide bonds. The fraction of sp³-hybridized carbons (Fsp3) is 0.222. The average molecular weight is 168 g/mol. The fourth-order valence-electron chi connectivity index (χ4n) is 0.916. The minimum atomic E-state index is -0.814. The molecule has 2 N–H and O–H groups in total. The maximum atomic E-state index is 12.4. The summed E-state index contributed by atoms with van der Waals surface area (Å²) in [7, 11) is 0. The lowest BCUT2D eigenvalue weighted by Gasteiger charge is -2.02. The first-order valence-corrected chi connectivity index (χ1v) is 3.60. The molecule has 0 aliphatic heterocycles. The first-order chi connectivity index (χ1) is 6.09. The smallest absolute Gasteiger partial charge is 0.137 e. The van der Waals surface area contributed by atoms with Gasteiger partial charge >= 0.3 is 0 Å². The Kier molecular flexibility index (Phi) is 2.46. The van der Waals surface area contributed by atoms with Crippen LogP contribution in [0.25, 0.3) is 0 Å². The highest BCUT2D eigenvalue weighted by Crippen LogP contribution is 2.03. The zero-order valence-electron chi connectivity index (χ0n) is 7.46. The molecule has 3 heteroatoms. The van der Waals surface area contributed by atoms with Crippen molar-refractivity contribution in [3.05, 3.63) is 35.6 Å². The van der Waals surface area contributed by atoms with E-state index in [0.29, 0.717) is 0 Å². The van der Waals surface area contributed by atoms with Crippen molar-refractivity contribution in [1.82, 2.24) is 0 Å². The van der Waals surface area contributed by atoms with Gasteiger partial charge in [0.2, 0.25) is 0 Å². The van der Waals surface area contributed by atoms with Crippen LogP contribution in [0, 0.1) is 5.82 Å². The molecule has 1 atom stereocenters. The van der Waals surface area contributed by atoms with Crippen LogP contribution in [0.15, 0.2) is 24.3 Å². The minimum Gasteiger partial charge on any atom is -0.321 e. The molecule has 0 saturated heterocycles. The maximum absolute atomic E-state index is 12.4. The monoisotopic (exact) mass is 168 g/mol. The third kappa shape index (κ3) is 2.43. The summed E-state index contributed by atoms with van der Waals surface area (Å²) in [5.74, 6) is -0.325. The molecular weight excluding hydrogens is 157 g/mol. The van der Waals surface area contributed by atoms with Gasteiger partial charge < -0.3 is 10.5 Å². The van der Waals surface area contributed by atoms with Crippen molar-refractivity contribution in [2.75, 3.05) is 0 Å². The second-order valence-electron chi connectivity index (χ2n) is 2.55. The first kappa shape index (κ1) is 7.43. The van der Waals surface area contributed by atoms with Crippen LogP contribution in [-0.2, 0) is 11.2 Å². The lowest BCUT2D eigenvalue weighted by molar-refractivity contribution is -0.108. The van der Waals surface area contributed by atoms with E-state index in [1.807, 2.05) is 0 Å². The summed E-state index contributed by atoms with van der Waals surface area (Å²) in [6.07, 6.45) is -0.521. The molecule has 1 aromatic carbocycles. The Morgan fingerprint density at radius 2 is 2.17 bits per heavy atom. The van der Waals surface area contributed by atoms with Crippen LogP contribution in [0.2, 0.25) is 0 Å². The lowest BCUT2D eigenvalue weighted by Crippen LogP contribution is -2.23. The van der Waals surface area contributed by atoms with Crippen LogP contribution in [0.3, 0.4) is 0 Å². The normalized spacial score (nSPS) is 13.7. The van der Waals surface area contributed by atoms with Gasteiger partial charge in [0.1, 0.15) is 13.5 Å². The molecule has 0 bridgehead atoms. The Morgan fingerprint density at radius 3 is 2.67 bits per heavy atom. The zero-order valence-corrected chi connectivity index (χ0v) is 6.46. The van der Waals surface area contributed by atoms with Gasteiger partial charge in [-0.15, -0.1) is 0 Å². The molecule has 0 unspecified atom stereocenters. The van der Waals surface area contributed by atoms with Gasteiger partial charge in [-0.2, -0.15) is 0 Å². The van der Waals surface area contributed by atoms with E-state index in [0.717, 1.165) is 5.56 Å². The van der Waals surface area contributed by atoms with E-state index in [9.17, 15) is 9.18 Å². The highest BCUT2D eigenvalue weighted by Gasteiger charge is 2.01. The number of carbonyl (C=O) groups excluding carboxylic acids is 1. The van der Waals surface area contributed by atoms with E-state index < -0.39 is 12.3 Å².